The second-order valence-corrected chi connectivity index (χ2v) is 5.53. The van der Waals surface area contributed by atoms with Crippen LogP contribution in [0.15, 0.2) is 17.1 Å². The van der Waals surface area contributed by atoms with Crippen molar-refractivity contribution >= 4 is 28.3 Å². The molecule has 0 bridgehead atoms. The van der Waals surface area contributed by atoms with Crippen LogP contribution in [-0.2, 0) is 0 Å². The molecule has 0 fully saturated rings. The van der Waals surface area contributed by atoms with Gasteiger partial charge in [0.05, 0.1) is 0 Å². The molecule has 0 saturated heterocycles. The molecule has 0 aromatic carbocycles. The number of allylic oxidation sites excluding steroid dienone is 1. The molecule has 0 aliphatic carbocycles. The van der Waals surface area contributed by atoms with Crippen molar-refractivity contribution in [2.24, 2.45) is 4.99 Å². The zero-order valence-electron chi connectivity index (χ0n) is 7.03. The van der Waals surface area contributed by atoms with Crippen LogP contribution in [0, 0.1) is 0 Å². The van der Waals surface area contributed by atoms with Crippen molar-refractivity contribution in [3.8, 4) is 0 Å². The molecule has 0 unspecified atom stereocenters. The summed E-state index contributed by atoms with van der Waals surface area (Å²) in [6.07, 6.45) is 0. The highest BCUT2D eigenvalue weighted by Crippen LogP contribution is 2.19. The Bertz CT molecular complexity index is 163. The quantitative estimate of drug-likeness (QED) is 0.309. The van der Waals surface area contributed by atoms with Crippen molar-refractivity contribution in [3.63, 3.8) is 0 Å². The average Bonchev–Trinajstić information content (AvgIpc) is 1.60. The first-order valence-electron chi connectivity index (χ1n) is 3.24. The summed E-state index contributed by atoms with van der Waals surface area (Å²) in [6, 6.07) is 0. The van der Waals surface area contributed by atoms with Gasteiger partial charge in [-0.25, -0.2) is 0 Å². The fourth-order valence-corrected chi connectivity index (χ4v) is 0.856. The van der Waals surface area contributed by atoms with Crippen LogP contribution in [0.4, 0.5) is 0 Å². The van der Waals surface area contributed by atoms with E-state index < -0.39 is 0 Å². The molecule has 0 saturated carbocycles. The fourth-order valence-electron chi connectivity index (χ4n) is 0.494. The predicted molar refractivity (Wildman–Crippen MR) is 56.0 cm³/mol. The molecular formula is C8H14IN. The molecular weight excluding hydrogens is 237 g/mol. The molecule has 58 valence electrons. The normalized spacial score (nSPS) is 13.5. The van der Waals surface area contributed by atoms with E-state index in [4.69, 9.17) is 0 Å². The molecule has 0 spiro atoms. The third kappa shape index (κ3) is 4.97. The van der Waals surface area contributed by atoms with Crippen LogP contribution in [0.1, 0.15) is 27.7 Å². The first-order chi connectivity index (χ1) is 4.33. The van der Waals surface area contributed by atoms with Gasteiger partial charge >= 0.3 is 0 Å². The van der Waals surface area contributed by atoms with Gasteiger partial charge in [0.25, 0.3) is 0 Å². The summed E-state index contributed by atoms with van der Waals surface area (Å²) in [5, 5.41) is 0. The summed E-state index contributed by atoms with van der Waals surface area (Å²) < 4.78 is 0.000787. The Balaban J connectivity index is 4.32. The number of nitrogens with zero attached hydrogens (tertiary/aromatic N) is 1. The lowest BCUT2D eigenvalue weighted by Crippen LogP contribution is -2.08. The van der Waals surface area contributed by atoms with Crippen LogP contribution in [0.2, 0.25) is 0 Å². The number of hydrogen-bond acceptors (Lipinski definition) is 1. The Morgan fingerprint density at radius 2 is 1.80 bits per heavy atom. The standard InChI is InChI=1S/C8H14IN/c1-6(2)7(3)10-8(4,5)9/h1H2,2-5H3. The van der Waals surface area contributed by atoms with Gasteiger partial charge in [-0.05, 0) is 33.3 Å². The smallest absolute Gasteiger partial charge is 0.106 e. The Hall–Kier alpha value is 0.140. The molecule has 2 heteroatoms. The van der Waals surface area contributed by atoms with Crippen LogP contribution >= 0.6 is 22.6 Å². The summed E-state index contributed by atoms with van der Waals surface area (Å²) in [5.74, 6) is 0. The maximum atomic E-state index is 4.41. The Labute approximate surface area is 76.8 Å². The van der Waals surface area contributed by atoms with E-state index >= 15 is 0 Å². The Morgan fingerprint density at radius 1 is 1.40 bits per heavy atom. The van der Waals surface area contributed by atoms with Crippen LogP contribution in [-0.4, -0.2) is 9.26 Å². The first kappa shape index (κ1) is 10.1. The fraction of sp³-hybridized carbons (Fsp3) is 0.625. The minimum atomic E-state index is 0.000787. The third-order valence-electron chi connectivity index (χ3n) is 1.05. The van der Waals surface area contributed by atoms with Crippen molar-refractivity contribution in [2.75, 3.05) is 0 Å². The lowest BCUT2D eigenvalue weighted by Gasteiger charge is -2.11. The lowest BCUT2D eigenvalue weighted by atomic mass is 10.2. The van der Waals surface area contributed by atoms with Crippen molar-refractivity contribution in [1.82, 2.24) is 0 Å². The molecule has 10 heavy (non-hydrogen) atoms. The number of rotatable bonds is 2. The van der Waals surface area contributed by atoms with Gasteiger partial charge in [0.15, 0.2) is 0 Å². The van der Waals surface area contributed by atoms with Crippen LogP contribution in [0.25, 0.3) is 0 Å². The van der Waals surface area contributed by atoms with Crippen LogP contribution in [0.5, 0.6) is 0 Å². The summed E-state index contributed by atoms with van der Waals surface area (Å²) in [7, 11) is 0. The number of alkyl halides is 1. The van der Waals surface area contributed by atoms with E-state index in [9.17, 15) is 0 Å². The van der Waals surface area contributed by atoms with E-state index in [1.807, 2.05) is 13.8 Å². The molecule has 0 aliphatic rings. The highest BCUT2D eigenvalue weighted by atomic mass is 127. The minimum absolute atomic E-state index is 0.000787. The van der Waals surface area contributed by atoms with E-state index in [0.717, 1.165) is 11.3 Å². The maximum absolute atomic E-state index is 4.41. The van der Waals surface area contributed by atoms with E-state index in [1.165, 1.54) is 0 Å². The number of aliphatic imine (C=N–C) groups is 1. The van der Waals surface area contributed by atoms with Gasteiger partial charge in [0.2, 0.25) is 0 Å². The van der Waals surface area contributed by atoms with Gasteiger partial charge in [-0.2, -0.15) is 0 Å². The molecule has 0 radical (unpaired) electrons. The zero-order chi connectivity index (χ0) is 8.36. The maximum Gasteiger partial charge on any atom is 0.106 e. The van der Waals surface area contributed by atoms with Crippen molar-refractivity contribution in [2.45, 2.75) is 31.2 Å². The highest BCUT2D eigenvalue weighted by molar-refractivity contribution is 14.1. The zero-order valence-corrected chi connectivity index (χ0v) is 9.19. The van der Waals surface area contributed by atoms with Crippen molar-refractivity contribution in [3.05, 3.63) is 12.2 Å². The predicted octanol–water partition coefficient (Wildman–Crippen LogP) is 3.19. The molecule has 0 aromatic heterocycles. The lowest BCUT2D eigenvalue weighted by molar-refractivity contribution is 0.801. The van der Waals surface area contributed by atoms with Gasteiger partial charge in [-0.1, -0.05) is 29.2 Å². The topological polar surface area (TPSA) is 12.4 Å². The third-order valence-corrected chi connectivity index (χ3v) is 1.29. The molecule has 0 atom stereocenters. The molecule has 0 aliphatic heterocycles. The van der Waals surface area contributed by atoms with Crippen molar-refractivity contribution < 1.29 is 0 Å². The van der Waals surface area contributed by atoms with Crippen LogP contribution < -0.4 is 0 Å². The SMILES string of the molecule is C=C(C)C(C)=NC(C)(C)I. The van der Waals surface area contributed by atoms with Gasteiger partial charge in [-0.15, -0.1) is 0 Å². The first-order valence-corrected chi connectivity index (χ1v) is 4.32. The average molecular weight is 251 g/mol. The molecule has 1 nitrogen and oxygen atoms in total. The monoisotopic (exact) mass is 251 g/mol. The number of halogens is 1. The second-order valence-electron chi connectivity index (χ2n) is 2.89. The number of hydrogen-bond donors (Lipinski definition) is 0. The summed E-state index contributed by atoms with van der Waals surface area (Å²) in [5.41, 5.74) is 2.09. The minimum Gasteiger partial charge on any atom is -0.273 e. The Kier molecular flexibility index (Phi) is 3.56. The molecule has 0 heterocycles. The van der Waals surface area contributed by atoms with Gasteiger partial charge in [-0.3, -0.25) is 4.99 Å². The molecule has 0 aromatic rings. The van der Waals surface area contributed by atoms with Gasteiger partial charge in [0, 0.05) is 5.71 Å². The largest absolute Gasteiger partial charge is 0.273 e. The summed E-state index contributed by atoms with van der Waals surface area (Å²) >= 11 is 2.30. The van der Waals surface area contributed by atoms with Crippen LogP contribution in [0.3, 0.4) is 0 Å². The molecule has 0 amide bonds. The van der Waals surface area contributed by atoms with Gasteiger partial charge in [0.1, 0.15) is 3.55 Å². The Morgan fingerprint density at radius 3 is 1.90 bits per heavy atom. The summed E-state index contributed by atoms with van der Waals surface area (Å²) in [6.45, 7) is 11.9. The molecule has 0 rings (SSSR count). The second kappa shape index (κ2) is 3.51. The summed E-state index contributed by atoms with van der Waals surface area (Å²) in [4.78, 5) is 4.41. The van der Waals surface area contributed by atoms with Gasteiger partial charge < -0.3 is 0 Å². The molecule has 0 N–H and O–H groups in total. The van der Waals surface area contributed by atoms with Crippen molar-refractivity contribution in [1.29, 1.82) is 0 Å². The van der Waals surface area contributed by atoms with E-state index in [1.54, 1.807) is 0 Å². The van der Waals surface area contributed by atoms with E-state index in [2.05, 4.69) is 48.0 Å². The van der Waals surface area contributed by atoms with E-state index in [0.29, 0.717) is 0 Å². The highest BCUT2D eigenvalue weighted by Gasteiger charge is 2.09. The van der Waals surface area contributed by atoms with E-state index in [-0.39, 0.29) is 3.55 Å².